The van der Waals surface area contributed by atoms with Crippen molar-refractivity contribution >= 4 is 11.9 Å². The molecule has 1 heterocycles. The molecule has 5 nitrogen and oxygen atoms in total. The van der Waals surface area contributed by atoms with E-state index in [1.54, 1.807) is 0 Å². The average Bonchev–Trinajstić information content (AvgIpc) is 2.78. The largest absolute Gasteiger partial charge is 0.354 e. The molecule has 23 heavy (non-hydrogen) atoms. The van der Waals surface area contributed by atoms with Crippen LogP contribution < -0.4 is 10.6 Å². The van der Waals surface area contributed by atoms with E-state index in [-0.39, 0.29) is 24.0 Å². The molecule has 0 bridgehead atoms. The standard InChI is InChI=1S/C18H25N3O2/c22-17-13-16(14-7-3-1-4-8-14)21(12-11-19-17)18(23)20-15-9-5-2-6-10-15/h1,3-4,7-8,15-16H,2,5-6,9-13H2,(H,19,22)(H,20,23). The minimum atomic E-state index is -0.192. The first kappa shape index (κ1) is 15.8. The van der Waals surface area contributed by atoms with Crippen LogP contribution in [0.15, 0.2) is 30.3 Å². The highest BCUT2D eigenvalue weighted by Crippen LogP contribution is 2.26. The Balaban J connectivity index is 1.75. The van der Waals surface area contributed by atoms with Crippen LogP contribution in [0.5, 0.6) is 0 Å². The molecule has 124 valence electrons. The lowest BCUT2D eigenvalue weighted by atomic mass is 9.95. The summed E-state index contributed by atoms with van der Waals surface area (Å²) in [5.41, 5.74) is 1.02. The van der Waals surface area contributed by atoms with Crippen LogP contribution in [-0.2, 0) is 4.79 Å². The summed E-state index contributed by atoms with van der Waals surface area (Å²) >= 11 is 0. The minimum absolute atomic E-state index is 0.00631. The van der Waals surface area contributed by atoms with E-state index >= 15 is 0 Å². The Kier molecular flexibility index (Phi) is 5.16. The van der Waals surface area contributed by atoms with Gasteiger partial charge in [0, 0.05) is 19.1 Å². The van der Waals surface area contributed by atoms with Crippen molar-refractivity contribution < 1.29 is 9.59 Å². The van der Waals surface area contributed by atoms with Crippen LogP contribution in [0.4, 0.5) is 4.79 Å². The Morgan fingerprint density at radius 3 is 2.61 bits per heavy atom. The predicted octanol–water partition coefficient (Wildman–Crippen LogP) is 2.59. The summed E-state index contributed by atoms with van der Waals surface area (Å²) in [6, 6.07) is 9.88. The maximum atomic E-state index is 12.8. The first-order chi connectivity index (χ1) is 11.2. The fourth-order valence-corrected chi connectivity index (χ4v) is 3.55. The molecule has 1 aliphatic heterocycles. The number of carbonyl (C=O) groups excluding carboxylic acids is 2. The Labute approximate surface area is 137 Å². The van der Waals surface area contributed by atoms with E-state index in [9.17, 15) is 9.59 Å². The molecule has 1 unspecified atom stereocenters. The third-order valence-corrected chi connectivity index (χ3v) is 4.81. The zero-order valence-electron chi connectivity index (χ0n) is 13.5. The first-order valence-corrected chi connectivity index (χ1v) is 8.63. The average molecular weight is 315 g/mol. The topological polar surface area (TPSA) is 61.4 Å². The van der Waals surface area contributed by atoms with E-state index in [2.05, 4.69) is 10.6 Å². The van der Waals surface area contributed by atoms with E-state index in [0.717, 1.165) is 18.4 Å². The summed E-state index contributed by atoms with van der Waals surface area (Å²) in [5.74, 6) is 0.00631. The minimum Gasteiger partial charge on any atom is -0.354 e. The van der Waals surface area contributed by atoms with Gasteiger partial charge in [-0.3, -0.25) is 4.79 Å². The summed E-state index contributed by atoms with van der Waals surface area (Å²) in [4.78, 5) is 26.6. The monoisotopic (exact) mass is 315 g/mol. The summed E-state index contributed by atoms with van der Waals surface area (Å²) in [6.45, 7) is 1.06. The molecule has 1 saturated heterocycles. The molecule has 0 radical (unpaired) electrons. The maximum Gasteiger partial charge on any atom is 0.318 e. The van der Waals surface area contributed by atoms with Crippen molar-refractivity contribution in [3.05, 3.63) is 35.9 Å². The molecule has 1 aromatic rings. The number of carbonyl (C=O) groups is 2. The van der Waals surface area contributed by atoms with Crippen molar-refractivity contribution in [3.63, 3.8) is 0 Å². The molecule has 0 aromatic heterocycles. The van der Waals surface area contributed by atoms with Gasteiger partial charge in [-0.05, 0) is 18.4 Å². The highest BCUT2D eigenvalue weighted by atomic mass is 16.2. The maximum absolute atomic E-state index is 12.8. The van der Waals surface area contributed by atoms with E-state index < -0.39 is 0 Å². The molecule has 1 atom stereocenters. The van der Waals surface area contributed by atoms with Crippen LogP contribution in [0.2, 0.25) is 0 Å². The second-order valence-electron chi connectivity index (χ2n) is 6.46. The van der Waals surface area contributed by atoms with Gasteiger partial charge in [0.1, 0.15) is 0 Å². The molecule has 2 fully saturated rings. The van der Waals surface area contributed by atoms with Gasteiger partial charge >= 0.3 is 6.03 Å². The lowest BCUT2D eigenvalue weighted by Gasteiger charge is -2.32. The van der Waals surface area contributed by atoms with Crippen LogP contribution in [-0.4, -0.2) is 36.0 Å². The van der Waals surface area contributed by atoms with E-state index in [0.29, 0.717) is 19.5 Å². The van der Waals surface area contributed by atoms with Gasteiger partial charge in [0.25, 0.3) is 0 Å². The van der Waals surface area contributed by atoms with Gasteiger partial charge in [0.15, 0.2) is 0 Å². The highest BCUT2D eigenvalue weighted by Gasteiger charge is 2.30. The van der Waals surface area contributed by atoms with Gasteiger partial charge < -0.3 is 15.5 Å². The molecule has 1 saturated carbocycles. The van der Waals surface area contributed by atoms with Crippen molar-refractivity contribution in [3.8, 4) is 0 Å². The number of hydrogen-bond donors (Lipinski definition) is 2. The van der Waals surface area contributed by atoms with Crippen LogP contribution in [0.25, 0.3) is 0 Å². The van der Waals surface area contributed by atoms with E-state index in [1.165, 1.54) is 19.3 Å². The summed E-state index contributed by atoms with van der Waals surface area (Å²) in [5, 5.41) is 6.05. The van der Waals surface area contributed by atoms with E-state index in [1.807, 2.05) is 35.2 Å². The molecule has 2 N–H and O–H groups in total. The third kappa shape index (κ3) is 4.03. The van der Waals surface area contributed by atoms with Gasteiger partial charge in [-0.15, -0.1) is 0 Å². The second-order valence-corrected chi connectivity index (χ2v) is 6.46. The zero-order chi connectivity index (χ0) is 16.1. The zero-order valence-corrected chi connectivity index (χ0v) is 13.5. The molecule has 3 rings (SSSR count). The molecule has 1 aliphatic carbocycles. The number of hydrogen-bond acceptors (Lipinski definition) is 2. The molecule has 0 spiro atoms. The van der Waals surface area contributed by atoms with Crippen LogP contribution in [0, 0.1) is 0 Å². The Morgan fingerprint density at radius 1 is 1.13 bits per heavy atom. The van der Waals surface area contributed by atoms with Gasteiger partial charge in [-0.2, -0.15) is 0 Å². The quantitative estimate of drug-likeness (QED) is 0.881. The van der Waals surface area contributed by atoms with Crippen molar-refractivity contribution in [2.45, 2.75) is 50.6 Å². The number of benzene rings is 1. The molecule has 3 amide bonds. The van der Waals surface area contributed by atoms with Crippen LogP contribution in [0.3, 0.4) is 0 Å². The summed E-state index contributed by atoms with van der Waals surface area (Å²) in [6.07, 6.45) is 6.09. The predicted molar refractivity (Wildman–Crippen MR) is 88.9 cm³/mol. The van der Waals surface area contributed by atoms with Crippen molar-refractivity contribution in [1.82, 2.24) is 15.5 Å². The molecule has 2 aliphatic rings. The Hall–Kier alpha value is -2.04. The lowest BCUT2D eigenvalue weighted by molar-refractivity contribution is -0.121. The molecule has 1 aromatic carbocycles. The highest BCUT2D eigenvalue weighted by molar-refractivity contribution is 5.80. The fourth-order valence-electron chi connectivity index (χ4n) is 3.55. The second kappa shape index (κ2) is 7.49. The van der Waals surface area contributed by atoms with Gasteiger partial charge in [-0.1, -0.05) is 49.6 Å². The molecular weight excluding hydrogens is 290 g/mol. The smallest absolute Gasteiger partial charge is 0.318 e. The first-order valence-electron chi connectivity index (χ1n) is 8.63. The number of nitrogens with one attached hydrogen (secondary N) is 2. The molecular formula is C18H25N3O2. The van der Waals surface area contributed by atoms with Gasteiger partial charge in [-0.25, -0.2) is 4.79 Å². The molecule has 5 heteroatoms. The lowest BCUT2D eigenvalue weighted by Crippen LogP contribution is -2.47. The third-order valence-electron chi connectivity index (χ3n) is 4.81. The summed E-state index contributed by atoms with van der Waals surface area (Å²) in [7, 11) is 0. The van der Waals surface area contributed by atoms with Gasteiger partial charge in [0.2, 0.25) is 5.91 Å². The fraction of sp³-hybridized carbons (Fsp3) is 0.556. The van der Waals surface area contributed by atoms with Crippen molar-refractivity contribution in [2.75, 3.05) is 13.1 Å². The SMILES string of the molecule is O=C1CC(c2ccccc2)N(C(=O)NC2CCCCC2)CCN1. The number of urea groups is 1. The number of amides is 3. The number of nitrogens with zero attached hydrogens (tertiary/aromatic N) is 1. The van der Waals surface area contributed by atoms with Gasteiger partial charge in [0.05, 0.1) is 12.5 Å². The van der Waals surface area contributed by atoms with Crippen molar-refractivity contribution in [2.24, 2.45) is 0 Å². The summed E-state index contributed by atoms with van der Waals surface area (Å²) < 4.78 is 0. The Morgan fingerprint density at radius 2 is 1.87 bits per heavy atom. The van der Waals surface area contributed by atoms with E-state index in [4.69, 9.17) is 0 Å². The van der Waals surface area contributed by atoms with Crippen LogP contribution >= 0.6 is 0 Å². The Bertz CT molecular complexity index is 540. The number of rotatable bonds is 2. The van der Waals surface area contributed by atoms with Crippen LogP contribution in [0.1, 0.15) is 50.1 Å². The van der Waals surface area contributed by atoms with Crippen molar-refractivity contribution in [1.29, 1.82) is 0 Å². The normalized spacial score (nSPS) is 23.0.